The van der Waals surface area contributed by atoms with Crippen LogP contribution < -0.4 is 14.8 Å². The molecule has 4 rings (SSSR count). The van der Waals surface area contributed by atoms with Crippen LogP contribution in [0.3, 0.4) is 0 Å². The maximum absolute atomic E-state index is 12.5. The summed E-state index contributed by atoms with van der Waals surface area (Å²) in [6.45, 7) is 7.99. The van der Waals surface area contributed by atoms with Crippen molar-refractivity contribution in [2.75, 3.05) is 59.5 Å². The molecule has 0 bridgehead atoms. The number of halogens is 2. The number of piperazine rings is 1. The van der Waals surface area contributed by atoms with Gasteiger partial charge in [0.1, 0.15) is 12.7 Å². The lowest BCUT2D eigenvalue weighted by atomic mass is 10.2. The Kier molecular flexibility index (Phi) is 8.92. The predicted octanol–water partition coefficient (Wildman–Crippen LogP) is 3.72. The third-order valence-electron chi connectivity index (χ3n) is 6.17. The molecule has 184 valence electrons. The van der Waals surface area contributed by atoms with E-state index < -0.39 is 0 Å². The Morgan fingerprint density at radius 1 is 1.03 bits per heavy atom. The quantitative estimate of drug-likeness (QED) is 0.518. The number of hydrogen-bond donors (Lipinski definition) is 1. The first kappa shape index (κ1) is 25.1. The monoisotopic (exact) mass is 507 g/mol. The van der Waals surface area contributed by atoms with Crippen molar-refractivity contribution in [2.24, 2.45) is 0 Å². The van der Waals surface area contributed by atoms with Gasteiger partial charge in [0.05, 0.1) is 22.7 Å². The number of benzene rings is 2. The van der Waals surface area contributed by atoms with Crippen molar-refractivity contribution in [1.29, 1.82) is 0 Å². The van der Waals surface area contributed by atoms with Crippen LogP contribution in [0.1, 0.15) is 22.3 Å². The molecule has 0 saturated carbocycles. The molecular weight excluding hydrogens is 477 g/mol. The van der Waals surface area contributed by atoms with Gasteiger partial charge >= 0.3 is 5.97 Å². The molecule has 2 fully saturated rings. The van der Waals surface area contributed by atoms with E-state index in [4.69, 9.17) is 37.4 Å². The van der Waals surface area contributed by atoms with E-state index in [9.17, 15) is 4.79 Å². The van der Waals surface area contributed by atoms with Crippen molar-refractivity contribution in [3.63, 3.8) is 0 Å². The summed E-state index contributed by atoms with van der Waals surface area (Å²) in [5.74, 6) is 1.12. The zero-order chi connectivity index (χ0) is 23.9. The third kappa shape index (κ3) is 6.77. The SMILES string of the molecule is COc1cc(CN2CCC(OC(=O)c3ccc(Cl)c(Cl)c3)C2)ccc1OCCN1CCNCC1. The molecule has 2 saturated heterocycles. The van der Waals surface area contributed by atoms with E-state index >= 15 is 0 Å². The fraction of sp³-hybridized carbons (Fsp3) is 0.480. The molecule has 0 spiro atoms. The standard InChI is InChI=1S/C25H31Cl2N3O4/c1-32-24-14-18(2-5-23(24)33-13-12-29-10-7-28-8-11-29)16-30-9-6-20(17-30)34-25(31)19-3-4-21(26)22(27)15-19/h2-5,14-15,20,28H,6-13,16-17H2,1H3. The molecule has 1 N–H and O–H groups in total. The number of rotatable bonds is 9. The minimum Gasteiger partial charge on any atom is -0.493 e. The summed E-state index contributed by atoms with van der Waals surface area (Å²) < 4.78 is 17.3. The van der Waals surface area contributed by atoms with E-state index in [-0.39, 0.29) is 12.1 Å². The van der Waals surface area contributed by atoms with Gasteiger partial charge in [-0.05, 0) is 42.3 Å². The number of esters is 1. The smallest absolute Gasteiger partial charge is 0.338 e. The molecule has 34 heavy (non-hydrogen) atoms. The second kappa shape index (κ2) is 12.1. The maximum atomic E-state index is 12.5. The molecule has 7 nitrogen and oxygen atoms in total. The molecule has 1 atom stereocenters. The summed E-state index contributed by atoms with van der Waals surface area (Å²) in [5.41, 5.74) is 1.54. The summed E-state index contributed by atoms with van der Waals surface area (Å²) >= 11 is 11.9. The highest BCUT2D eigenvalue weighted by Gasteiger charge is 2.26. The van der Waals surface area contributed by atoms with Crippen LogP contribution >= 0.6 is 23.2 Å². The Labute approximate surface area is 210 Å². The van der Waals surface area contributed by atoms with Crippen molar-refractivity contribution >= 4 is 29.2 Å². The summed E-state index contributed by atoms with van der Waals surface area (Å²) in [7, 11) is 1.66. The largest absolute Gasteiger partial charge is 0.493 e. The summed E-state index contributed by atoms with van der Waals surface area (Å²) in [6.07, 6.45) is 0.633. The van der Waals surface area contributed by atoms with Crippen LogP contribution in [-0.2, 0) is 11.3 Å². The molecular formula is C25H31Cl2N3O4. The van der Waals surface area contributed by atoms with Gasteiger partial charge in [0.25, 0.3) is 0 Å². The Hall–Kier alpha value is -2.03. The fourth-order valence-electron chi connectivity index (χ4n) is 4.29. The third-order valence-corrected chi connectivity index (χ3v) is 6.91. The van der Waals surface area contributed by atoms with Gasteiger partial charge in [0.2, 0.25) is 0 Å². The Morgan fingerprint density at radius 2 is 1.85 bits per heavy atom. The van der Waals surface area contributed by atoms with Crippen LogP contribution in [0.5, 0.6) is 11.5 Å². The van der Waals surface area contributed by atoms with Gasteiger partial charge in [-0.1, -0.05) is 29.3 Å². The average Bonchev–Trinajstić information content (AvgIpc) is 3.28. The average molecular weight is 508 g/mol. The first-order valence-corrected chi connectivity index (χ1v) is 12.4. The van der Waals surface area contributed by atoms with E-state index in [0.717, 1.165) is 69.3 Å². The highest BCUT2D eigenvalue weighted by molar-refractivity contribution is 6.42. The number of ether oxygens (including phenoxy) is 3. The second-order valence-corrected chi connectivity index (χ2v) is 9.42. The number of carbonyl (C=O) groups is 1. The minimum atomic E-state index is -0.380. The second-order valence-electron chi connectivity index (χ2n) is 8.61. The molecule has 2 aliphatic heterocycles. The maximum Gasteiger partial charge on any atom is 0.338 e. The Morgan fingerprint density at radius 3 is 2.62 bits per heavy atom. The van der Waals surface area contributed by atoms with E-state index in [0.29, 0.717) is 28.8 Å². The molecule has 9 heteroatoms. The van der Waals surface area contributed by atoms with Crippen molar-refractivity contribution in [3.8, 4) is 11.5 Å². The highest BCUT2D eigenvalue weighted by atomic mass is 35.5. The van der Waals surface area contributed by atoms with Crippen LogP contribution in [0.2, 0.25) is 10.0 Å². The van der Waals surface area contributed by atoms with E-state index in [1.807, 2.05) is 12.1 Å². The summed E-state index contributed by atoms with van der Waals surface area (Å²) in [6, 6.07) is 10.8. The first-order chi connectivity index (χ1) is 16.5. The number of methoxy groups -OCH3 is 1. The van der Waals surface area contributed by atoms with Gasteiger partial charge in [-0.2, -0.15) is 0 Å². The van der Waals surface area contributed by atoms with Gasteiger partial charge in [0.15, 0.2) is 11.5 Å². The Bertz CT molecular complexity index is 985. The Balaban J connectivity index is 1.26. The molecule has 2 aromatic carbocycles. The van der Waals surface area contributed by atoms with Crippen LogP contribution in [0.4, 0.5) is 0 Å². The fourth-order valence-corrected chi connectivity index (χ4v) is 4.58. The number of likely N-dealkylation sites (tertiary alicyclic amines) is 1. The topological polar surface area (TPSA) is 63.3 Å². The van der Waals surface area contributed by atoms with Crippen molar-refractivity contribution in [3.05, 3.63) is 57.6 Å². The van der Waals surface area contributed by atoms with Crippen LogP contribution in [0.15, 0.2) is 36.4 Å². The zero-order valence-electron chi connectivity index (χ0n) is 19.4. The van der Waals surface area contributed by atoms with Crippen molar-refractivity contribution < 1.29 is 19.0 Å². The lowest BCUT2D eigenvalue weighted by Gasteiger charge is -2.27. The highest BCUT2D eigenvalue weighted by Crippen LogP contribution is 2.29. The van der Waals surface area contributed by atoms with Gasteiger partial charge in [-0.15, -0.1) is 0 Å². The summed E-state index contributed by atoms with van der Waals surface area (Å²) in [4.78, 5) is 17.1. The molecule has 2 aromatic rings. The first-order valence-electron chi connectivity index (χ1n) is 11.6. The molecule has 2 aliphatic rings. The van der Waals surface area contributed by atoms with Gasteiger partial charge in [0, 0.05) is 52.4 Å². The normalized spacial score (nSPS) is 19.2. The van der Waals surface area contributed by atoms with Crippen molar-refractivity contribution in [2.45, 2.75) is 19.1 Å². The number of nitrogens with one attached hydrogen (secondary N) is 1. The minimum absolute atomic E-state index is 0.156. The van der Waals surface area contributed by atoms with Gasteiger partial charge in [-0.3, -0.25) is 9.80 Å². The lowest BCUT2D eigenvalue weighted by Crippen LogP contribution is -2.44. The van der Waals surface area contributed by atoms with Crippen LogP contribution in [0.25, 0.3) is 0 Å². The zero-order valence-corrected chi connectivity index (χ0v) is 20.9. The van der Waals surface area contributed by atoms with Gasteiger partial charge < -0.3 is 19.5 Å². The number of carbonyl (C=O) groups excluding carboxylic acids is 1. The molecule has 2 heterocycles. The molecule has 1 unspecified atom stereocenters. The van der Waals surface area contributed by atoms with Gasteiger partial charge in [-0.25, -0.2) is 4.79 Å². The lowest BCUT2D eigenvalue weighted by molar-refractivity contribution is 0.0320. The molecule has 0 aromatic heterocycles. The van der Waals surface area contributed by atoms with E-state index in [1.165, 1.54) is 0 Å². The predicted molar refractivity (Wildman–Crippen MR) is 133 cm³/mol. The summed E-state index contributed by atoms with van der Waals surface area (Å²) in [5, 5.41) is 4.12. The number of nitrogens with zero attached hydrogens (tertiary/aromatic N) is 2. The van der Waals surface area contributed by atoms with Crippen molar-refractivity contribution in [1.82, 2.24) is 15.1 Å². The molecule has 0 radical (unpaired) electrons. The van der Waals surface area contributed by atoms with E-state index in [1.54, 1.807) is 25.3 Å². The van der Waals surface area contributed by atoms with E-state index in [2.05, 4.69) is 21.2 Å². The molecule has 0 amide bonds. The van der Waals surface area contributed by atoms with Crippen LogP contribution in [0, 0.1) is 0 Å². The number of hydrogen-bond acceptors (Lipinski definition) is 7. The molecule has 0 aliphatic carbocycles. The van der Waals surface area contributed by atoms with Crippen LogP contribution in [-0.4, -0.2) is 81.4 Å².